The minimum absolute atomic E-state index is 0.703. The van der Waals surface area contributed by atoms with Gasteiger partial charge in [0.05, 0.1) is 6.61 Å². The second-order valence-corrected chi connectivity index (χ2v) is 1.73. The number of esters is 1. The Balaban J connectivity index is 3.62. The van der Waals surface area contributed by atoms with E-state index in [-0.39, 0.29) is 0 Å². The average molecular weight is 150 g/mol. The summed E-state index contributed by atoms with van der Waals surface area (Å²) in [6.07, 6.45) is -2.82. The normalized spacial score (nSPS) is 16.0. The molecule has 0 saturated heterocycles. The summed E-state index contributed by atoms with van der Waals surface area (Å²) in [4.78, 5) is 10.4. The highest BCUT2D eigenvalue weighted by molar-refractivity contribution is 5.74. The van der Waals surface area contributed by atoms with Gasteiger partial charge in [-0.1, -0.05) is 0 Å². The first-order valence-electron chi connectivity index (χ1n) is 2.75. The van der Waals surface area contributed by atoms with Gasteiger partial charge in [-0.2, -0.15) is 0 Å². The summed E-state index contributed by atoms with van der Waals surface area (Å²) in [6.45, 7) is 0.521. The quantitative estimate of drug-likeness (QED) is 0.327. The number of aliphatic hydroxyl groups excluding tert-OH is 3. The van der Waals surface area contributed by atoms with E-state index >= 15 is 0 Å². The number of hydrogen-bond acceptors (Lipinski definition) is 5. The molecular formula is C5H10O5. The fourth-order valence-corrected chi connectivity index (χ4v) is 0.321. The van der Waals surface area contributed by atoms with Crippen molar-refractivity contribution in [1.82, 2.24) is 0 Å². The van der Waals surface area contributed by atoms with Crippen LogP contribution in [0.15, 0.2) is 0 Å². The van der Waals surface area contributed by atoms with Crippen molar-refractivity contribution in [3.8, 4) is 0 Å². The molecular weight excluding hydrogens is 140 g/mol. The molecule has 0 aliphatic heterocycles. The van der Waals surface area contributed by atoms with Gasteiger partial charge in [0, 0.05) is 0 Å². The van der Waals surface area contributed by atoms with E-state index in [4.69, 9.17) is 15.3 Å². The molecule has 5 nitrogen and oxygen atoms in total. The van der Waals surface area contributed by atoms with Crippen LogP contribution in [0.2, 0.25) is 0 Å². The van der Waals surface area contributed by atoms with E-state index in [2.05, 4.69) is 4.74 Å². The Morgan fingerprint density at radius 1 is 1.60 bits per heavy atom. The van der Waals surface area contributed by atoms with E-state index in [9.17, 15) is 4.79 Å². The molecule has 2 unspecified atom stereocenters. The van der Waals surface area contributed by atoms with Crippen LogP contribution in [0, 0.1) is 0 Å². The average Bonchev–Trinajstić information content (AvgIpc) is 1.85. The molecule has 0 fully saturated rings. The van der Waals surface area contributed by atoms with Gasteiger partial charge in [-0.3, -0.25) is 0 Å². The molecule has 0 amide bonds. The molecule has 0 rings (SSSR count). The van der Waals surface area contributed by atoms with Gasteiger partial charge < -0.3 is 20.1 Å². The maximum atomic E-state index is 10.4. The Morgan fingerprint density at radius 2 is 2.10 bits per heavy atom. The van der Waals surface area contributed by atoms with Gasteiger partial charge in [-0.25, -0.2) is 4.79 Å². The number of carbonyl (C=O) groups is 1. The largest absolute Gasteiger partial charge is 0.434 e. The number of ether oxygens (including phenoxy) is 1. The van der Waals surface area contributed by atoms with Gasteiger partial charge in [-0.15, -0.1) is 0 Å². The predicted molar refractivity (Wildman–Crippen MR) is 30.9 cm³/mol. The molecule has 0 heterocycles. The zero-order chi connectivity index (χ0) is 8.15. The van der Waals surface area contributed by atoms with E-state index in [1.807, 2.05) is 0 Å². The summed E-state index contributed by atoms with van der Waals surface area (Å²) in [6, 6.07) is 0. The molecule has 0 aliphatic carbocycles. The first kappa shape index (κ1) is 9.35. The molecule has 0 saturated carbocycles. The van der Waals surface area contributed by atoms with E-state index in [0.717, 1.165) is 0 Å². The van der Waals surface area contributed by atoms with Crippen molar-refractivity contribution in [2.24, 2.45) is 0 Å². The first-order chi connectivity index (χ1) is 4.57. The van der Waals surface area contributed by atoms with Crippen LogP contribution in [-0.2, 0) is 9.53 Å². The molecule has 5 heteroatoms. The molecule has 0 bridgehead atoms. The molecule has 10 heavy (non-hydrogen) atoms. The van der Waals surface area contributed by atoms with Gasteiger partial charge in [-0.05, 0) is 6.92 Å². The van der Waals surface area contributed by atoms with Crippen molar-refractivity contribution >= 4 is 5.97 Å². The zero-order valence-corrected chi connectivity index (χ0v) is 5.52. The lowest BCUT2D eigenvalue weighted by Crippen LogP contribution is -2.29. The Morgan fingerprint density at radius 3 is 2.40 bits per heavy atom. The van der Waals surface area contributed by atoms with Crippen LogP contribution in [0.25, 0.3) is 0 Å². The van der Waals surface area contributed by atoms with Crippen LogP contribution in [0.4, 0.5) is 0 Å². The fraction of sp³-hybridized carbons (Fsp3) is 0.800. The highest BCUT2D eigenvalue weighted by atomic mass is 16.6. The van der Waals surface area contributed by atoms with Crippen LogP contribution >= 0.6 is 0 Å². The van der Waals surface area contributed by atoms with Crippen LogP contribution in [-0.4, -0.2) is 40.3 Å². The third-order valence-electron chi connectivity index (χ3n) is 0.732. The van der Waals surface area contributed by atoms with Crippen molar-refractivity contribution in [2.75, 3.05) is 6.61 Å². The predicted octanol–water partition coefficient (Wildman–Crippen LogP) is -1.78. The third-order valence-corrected chi connectivity index (χ3v) is 0.732. The van der Waals surface area contributed by atoms with Crippen LogP contribution in [0.5, 0.6) is 0 Å². The number of carbonyl (C=O) groups excluding carboxylic acids is 1. The minimum atomic E-state index is -1.56. The maximum Gasteiger partial charge on any atom is 0.339 e. The Labute approximate surface area is 57.9 Å². The lowest BCUT2D eigenvalue weighted by Gasteiger charge is -2.09. The maximum absolute atomic E-state index is 10.4. The lowest BCUT2D eigenvalue weighted by molar-refractivity contribution is -0.176. The van der Waals surface area contributed by atoms with Gasteiger partial charge in [0.1, 0.15) is 0 Å². The summed E-state index contributed by atoms with van der Waals surface area (Å²) in [5, 5.41) is 25.2. The topological polar surface area (TPSA) is 87.0 Å². The van der Waals surface area contributed by atoms with E-state index < -0.39 is 25.0 Å². The van der Waals surface area contributed by atoms with Crippen molar-refractivity contribution in [3.63, 3.8) is 0 Å². The third kappa shape index (κ3) is 3.39. The van der Waals surface area contributed by atoms with E-state index in [0.29, 0.717) is 0 Å². The molecule has 0 aromatic rings. The summed E-state index contributed by atoms with van der Waals surface area (Å²) in [5.41, 5.74) is 0. The Bertz CT molecular complexity index is 111. The summed E-state index contributed by atoms with van der Waals surface area (Å²) in [7, 11) is 0. The zero-order valence-electron chi connectivity index (χ0n) is 5.52. The molecule has 0 spiro atoms. The van der Waals surface area contributed by atoms with E-state index in [1.54, 1.807) is 0 Å². The van der Waals surface area contributed by atoms with Crippen molar-refractivity contribution in [2.45, 2.75) is 19.3 Å². The molecule has 0 aliphatic rings. The first-order valence-corrected chi connectivity index (χ1v) is 2.75. The van der Waals surface area contributed by atoms with E-state index in [1.165, 1.54) is 6.92 Å². The number of aliphatic hydroxyl groups is 3. The molecule has 0 aromatic heterocycles. The fourth-order valence-electron chi connectivity index (χ4n) is 0.321. The number of rotatable bonds is 3. The number of hydrogen-bond donors (Lipinski definition) is 3. The smallest absolute Gasteiger partial charge is 0.339 e. The molecule has 0 aromatic carbocycles. The standard InChI is InChI=1S/C5H10O5/c1-3(7)10-5(9)4(8)2-6/h3-4,6-8H,2H2,1H3. The Hall–Kier alpha value is -0.650. The SMILES string of the molecule is CC(O)OC(=O)C(O)CO. The summed E-state index contributed by atoms with van der Waals surface area (Å²) < 4.78 is 4.11. The van der Waals surface area contributed by atoms with Crippen molar-refractivity contribution in [3.05, 3.63) is 0 Å². The highest BCUT2D eigenvalue weighted by Crippen LogP contribution is 1.90. The van der Waals surface area contributed by atoms with Crippen LogP contribution in [0.1, 0.15) is 6.92 Å². The van der Waals surface area contributed by atoms with Gasteiger partial charge >= 0.3 is 5.97 Å². The summed E-state index contributed by atoms with van der Waals surface area (Å²) >= 11 is 0. The van der Waals surface area contributed by atoms with Crippen molar-refractivity contribution < 1.29 is 24.9 Å². The van der Waals surface area contributed by atoms with Gasteiger partial charge in [0.2, 0.25) is 0 Å². The second-order valence-electron chi connectivity index (χ2n) is 1.73. The lowest BCUT2D eigenvalue weighted by atomic mass is 10.4. The minimum Gasteiger partial charge on any atom is -0.434 e. The summed E-state index contributed by atoms with van der Waals surface area (Å²) in [5.74, 6) is -1.03. The molecule has 60 valence electrons. The van der Waals surface area contributed by atoms with Crippen LogP contribution in [0.3, 0.4) is 0 Å². The molecule has 3 N–H and O–H groups in total. The van der Waals surface area contributed by atoms with Crippen molar-refractivity contribution in [1.29, 1.82) is 0 Å². The molecule has 0 radical (unpaired) electrons. The monoisotopic (exact) mass is 150 g/mol. The molecule has 2 atom stereocenters. The second kappa shape index (κ2) is 4.21. The van der Waals surface area contributed by atoms with Crippen LogP contribution < -0.4 is 0 Å². The van der Waals surface area contributed by atoms with Gasteiger partial charge in [0.25, 0.3) is 0 Å². The van der Waals surface area contributed by atoms with Gasteiger partial charge in [0.15, 0.2) is 12.4 Å². The highest BCUT2D eigenvalue weighted by Gasteiger charge is 2.16. The Kier molecular flexibility index (Phi) is 3.94.